The van der Waals surface area contributed by atoms with Crippen LogP contribution in [-0.4, -0.2) is 47.1 Å². The van der Waals surface area contributed by atoms with Gasteiger partial charge in [-0.15, -0.1) is 11.6 Å². The number of urea groups is 1. The summed E-state index contributed by atoms with van der Waals surface area (Å²) < 4.78 is 0. The van der Waals surface area contributed by atoms with Gasteiger partial charge in [-0.1, -0.05) is 0 Å². The van der Waals surface area contributed by atoms with Crippen molar-refractivity contribution in [2.24, 2.45) is 0 Å². The highest BCUT2D eigenvalue weighted by Gasteiger charge is 2.37. The number of hydrogen-bond donors (Lipinski definition) is 0. The van der Waals surface area contributed by atoms with Crippen LogP contribution in [0.25, 0.3) is 0 Å². The van der Waals surface area contributed by atoms with Crippen molar-refractivity contribution < 1.29 is 14.4 Å². The van der Waals surface area contributed by atoms with E-state index in [9.17, 15) is 14.4 Å². The van der Waals surface area contributed by atoms with E-state index in [1.807, 2.05) is 0 Å². The maximum Gasteiger partial charge on any atom is 0.333 e. The smallest absolute Gasteiger partial charge is 0.318 e. The van der Waals surface area contributed by atoms with Gasteiger partial charge in [-0.05, 0) is 0 Å². The van der Waals surface area contributed by atoms with Gasteiger partial charge in [0, 0.05) is 7.05 Å². The van der Waals surface area contributed by atoms with Crippen LogP contribution in [0.15, 0.2) is 0 Å². The van der Waals surface area contributed by atoms with Gasteiger partial charge in [-0.3, -0.25) is 9.59 Å². The lowest BCUT2D eigenvalue weighted by atomic mass is 10.5. The Balaban J connectivity index is 2.84. The molecule has 6 heteroatoms. The Hall–Kier alpha value is -1.10. The van der Waals surface area contributed by atoms with Crippen molar-refractivity contribution in [3.05, 3.63) is 0 Å². The Morgan fingerprint density at radius 2 is 2.17 bits per heavy atom. The maximum absolute atomic E-state index is 11.1. The zero-order valence-corrected chi connectivity index (χ0v) is 7.17. The average Bonchev–Trinajstić information content (AvgIpc) is 2.26. The quantitative estimate of drug-likeness (QED) is 0.419. The zero-order valence-electron chi connectivity index (χ0n) is 6.41. The van der Waals surface area contributed by atoms with Gasteiger partial charge < -0.3 is 4.90 Å². The number of hydrogen-bond acceptors (Lipinski definition) is 3. The van der Waals surface area contributed by atoms with Gasteiger partial charge in [0.1, 0.15) is 12.4 Å². The number of carbonyl (C=O) groups is 3. The maximum atomic E-state index is 11.1. The van der Waals surface area contributed by atoms with Gasteiger partial charge in [0.05, 0.1) is 0 Å². The van der Waals surface area contributed by atoms with Gasteiger partial charge in [0.2, 0.25) is 0 Å². The minimum atomic E-state index is -0.670. The van der Waals surface area contributed by atoms with E-state index in [2.05, 4.69) is 0 Å². The summed E-state index contributed by atoms with van der Waals surface area (Å²) in [4.78, 5) is 34.7. The summed E-state index contributed by atoms with van der Waals surface area (Å²) in [5, 5.41) is 0. The molecule has 1 aliphatic rings. The lowest BCUT2D eigenvalue weighted by Crippen LogP contribution is -2.38. The molecule has 0 atom stereocenters. The molecule has 12 heavy (non-hydrogen) atoms. The number of likely N-dealkylation sites (N-methyl/N-ethyl adjacent to an activating group) is 1. The minimum absolute atomic E-state index is 0.0541. The summed E-state index contributed by atoms with van der Waals surface area (Å²) in [6.45, 7) is -0.0541. The number of rotatable bonds is 1. The topological polar surface area (TPSA) is 57.7 Å². The third kappa shape index (κ3) is 1.27. The molecule has 0 saturated carbocycles. The van der Waals surface area contributed by atoms with Gasteiger partial charge >= 0.3 is 6.03 Å². The lowest BCUT2D eigenvalue weighted by molar-refractivity contribution is -0.136. The van der Waals surface area contributed by atoms with Crippen molar-refractivity contribution in [3.63, 3.8) is 0 Å². The Labute approximate surface area is 73.9 Å². The molecule has 1 aliphatic heterocycles. The zero-order chi connectivity index (χ0) is 9.30. The molecule has 0 aromatic heterocycles. The average molecular weight is 191 g/mol. The Morgan fingerprint density at radius 3 is 2.50 bits per heavy atom. The molecule has 0 bridgehead atoms. The second-order valence-corrected chi connectivity index (χ2v) is 2.66. The molecule has 1 fully saturated rings. The van der Waals surface area contributed by atoms with Crippen LogP contribution in [0.3, 0.4) is 0 Å². The van der Waals surface area contributed by atoms with E-state index < -0.39 is 17.8 Å². The van der Waals surface area contributed by atoms with Crippen LogP contribution in [0.1, 0.15) is 0 Å². The molecule has 0 N–H and O–H groups in total. The normalized spacial score (nSPS) is 17.5. The first-order valence-electron chi connectivity index (χ1n) is 3.24. The molecule has 1 saturated heterocycles. The number of carbonyl (C=O) groups excluding carboxylic acids is 3. The van der Waals surface area contributed by atoms with Crippen LogP contribution in [0.2, 0.25) is 0 Å². The third-order valence-electron chi connectivity index (χ3n) is 1.50. The van der Waals surface area contributed by atoms with Crippen LogP contribution in [0.4, 0.5) is 4.79 Å². The van der Waals surface area contributed by atoms with Crippen LogP contribution >= 0.6 is 11.6 Å². The van der Waals surface area contributed by atoms with Crippen molar-refractivity contribution in [1.82, 2.24) is 9.80 Å². The molecule has 1 heterocycles. The fourth-order valence-electron chi connectivity index (χ4n) is 0.924. The Bertz CT molecular complexity index is 245. The van der Waals surface area contributed by atoms with Crippen molar-refractivity contribution in [2.75, 3.05) is 19.5 Å². The van der Waals surface area contributed by atoms with Gasteiger partial charge in [-0.25, -0.2) is 4.79 Å². The molecule has 0 aliphatic carbocycles. The molecule has 0 spiro atoms. The van der Waals surface area contributed by atoms with Crippen molar-refractivity contribution >= 4 is 29.4 Å². The highest BCUT2D eigenvalue weighted by molar-refractivity contribution is 6.31. The minimum Gasteiger partial charge on any atom is -0.318 e. The summed E-state index contributed by atoms with van der Waals surface area (Å²) in [5.74, 6) is -1.55. The number of halogens is 1. The van der Waals surface area contributed by atoms with E-state index >= 15 is 0 Å². The molecule has 1 rings (SSSR count). The summed E-state index contributed by atoms with van der Waals surface area (Å²) in [7, 11) is 1.45. The first kappa shape index (κ1) is 8.99. The van der Waals surface area contributed by atoms with E-state index in [0.29, 0.717) is 4.90 Å². The molecule has 0 unspecified atom stereocenters. The highest BCUT2D eigenvalue weighted by atomic mass is 35.5. The molecular weight excluding hydrogens is 184 g/mol. The highest BCUT2D eigenvalue weighted by Crippen LogP contribution is 2.08. The molecule has 0 radical (unpaired) electrons. The second kappa shape index (κ2) is 3.10. The fourth-order valence-corrected chi connectivity index (χ4v) is 1.04. The summed E-state index contributed by atoms with van der Waals surface area (Å²) in [6.07, 6.45) is 0. The third-order valence-corrected chi connectivity index (χ3v) is 1.73. The second-order valence-electron chi connectivity index (χ2n) is 2.40. The molecule has 5 nitrogen and oxygen atoms in total. The molecule has 4 amide bonds. The molecule has 66 valence electrons. The van der Waals surface area contributed by atoms with Crippen molar-refractivity contribution in [3.8, 4) is 0 Å². The van der Waals surface area contributed by atoms with Crippen LogP contribution in [0, 0.1) is 0 Å². The number of nitrogens with zero attached hydrogens (tertiary/aromatic N) is 2. The molecule has 0 aromatic rings. The van der Waals surface area contributed by atoms with Crippen LogP contribution in [0.5, 0.6) is 0 Å². The Kier molecular flexibility index (Phi) is 2.32. The Morgan fingerprint density at radius 1 is 1.58 bits per heavy atom. The first-order chi connectivity index (χ1) is 5.57. The lowest BCUT2D eigenvalue weighted by Gasteiger charge is -2.09. The predicted octanol–water partition coefficient (Wildman–Crippen LogP) is -0.354. The predicted molar refractivity (Wildman–Crippen MR) is 40.6 cm³/mol. The monoisotopic (exact) mass is 190 g/mol. The SMILES string of the molecule is CN1CC(=O)N(C(=O)CCl)C1=O. The van der Waals surface area contributed by atoms with E-state index in [-0.39, 0.29) is 12.4 Å². The van der Waals surface area contributed by atoms with E-state index in [1.54, 1.807) is 0 Å². The van der Waals surface area contributed by atoms with Crippen LogP contribution in [-0.2, 0) is 9.59 Å². The number of alkyl halides is 1. The van der Waals surface area contributed by atoms with Gasteiger partial charge in [0.25, 0.3) is 11.8 Å². The summed E-state index contributed by atoms with van der Waals surface area (Å²) in [5.41, 5.74) is 0. The van der Waals surface area contributed by atoms with Crippen molar-refractivity contribution in [1.29, 1.82) is 0 Å². The van der Waals surface area contributed by atoms with Crippen molar-refractivity contribution in [2.45, 2.75) is 0 Å². The standard InChI is InChI=1S/C6H7ClN2O3/c1-8-3-5(11)9(6(8)12)4(10)2-7/h2-3H2,1H3. The summed E-state index contributed by atoms with van der Waals surface area (Å²) in [6, 6.07) is -0.606. The number of imide groups is 3. The first-order valence-corrected chi connectivity index (χ1v) is 3.78. The van der Waals surface area contributed by atoms with E-state index in [4.69, 9.17) is 11.6 Å². The van der Waals surface area contributed by atoms with E-state index in [0.717, 1.165) is 4.90 Å². The molecule has 0 aromatic carbocycles. The number of amides is 4. The van der Waals surface area contributed by atoms with Gasteiger partial charge in [0.15, 0.2) is 0 Å². The van der Waals surface area contributed by atoms with Crippen LogP contribution < -0.4 is 0 Å². The van der Waals surface area contributed by atoms with Gasteiger partial charge in [-0.2, -0.15) is 4.90 Å². The largest absolute Gasteiger partial charge is 0.333 e. The van der Waals surface area contributed by atoms with E-state index in [1.165, 1.54) is 7.05 Å². The fraction of sp³-hybridized carbons (Fsp3) is 0.500. The summed E-state index contributed by atoms with van der Waals surface area (Å²) >= 11 is 5.20. The molecular formula is C6H7ClN2O3.